The second kappa shape index (κ2) is 6.92. The molecule has 0 bridgehead atoms. The molecule has 1 heterocycles. The summed E-state index contributed by atoms with van der Waals surface area (Å²) in [6.07, 6.45) is 1.53. The number of amides is 1. The number of aromatic nitrogens is 1. The van der Waals surface area contributed by atoms with Gasteiger partial charge in [-0.2, -0.15) is 0 Å². The number of hydrogen-bond acceptors (Lipinski definition) is 4. The average Bonchev–Trinajstić information content (AvgIpc) is 2.25. The Morgan fingerprint density at radius 3 is 2.70 bits per heavy atom. The monoisotopic (exact) mass is 344 g/mol. The van der Waals surface area contributed by atoms with Gasteiger partial charge in [0.05, 0.1) is 0 Å². The van der Waals surface area contributed by atoms with Crippen molar-refractivity contribution in [3.63, 3.8) is 0 Å². The molecule has 112 valence electrons. The predicted octanol–water partition coefficient (Wildman–Crippen LogP) is 3.43. The average molecular weight is 345 g/mol. The molecule has 0 unspecified atom stereocenters. The fraction of sp³-hybridized carbons (Fsp3) is 0.571. The number of nitrogens with zero attached hydrogens (tertiary/aromatic N) is 1. The standard InChI is InChI=1S/C14H21BrN2O3/c1-9(2)6-14(4,20-13(16)18)8-19-12-10(3)5-11(15)7-17-12/h5,7,9H,6,8H2,1-4H3,(H2,16,18)/t14-/m0/s1. The van der Waals surface area contributed by atoms with Gasteiger partial charge in [-0.1, -0.05) is 13.8 Å². The minimum atomic E-state index is -0.794. The van der Waals surface area contributed by atoms with Crippen LogP contribution in [0.1, 0.15) is 32.8 Å². The molecule has 0 aliphatic rings. The summed E-state index contributed by atoms with van der Waals surface area (Å²) in [4.78, 5) is 15.2. The number of rotatable bonds is 6. The Bertz CT molecular complexity index is 479. The molecule has 2 N–H and O–H groups in total. The highest BCUT2D eigenvalue weighted by molar-refractivity contribution is 9.10. The van der Waals surface area contributed by atoms with Gasteiger partial charge in [0.15, 0.2) is 0 Å². The quantitative estimate of drug-likeness (QED) is 0.857. The second-order valence-electron chi connectivity index (χ2n) is 5.53. The highest BCUT2D eigenvalue weighted by Gasteiger charge is 2.30. The molecule has 1 rings (SSSR count). The number of hydrogen-bond donors (Lipinski definition) is 1. The van der Waals surface area contributed by atoms with Crippen LogP contribution < -0.4 is 10.5 Å². The summed E-state index contributed by atoms with van der Waals surface area (Å²) in [5.41, 5.74) is 5.28. The van der Waals surface area contributed by atoms with E-state index in [0.29, 0.717) is 18.2 Å². The first-order chi connectivity index (χ1) is 9.22. The van der Waals surface area contributed by atoms with Crippen LogP contribution in [0.5, 0.6) is 5.88 Å². The maximum absolute atomic E-state index is 11.0. The molecule has 0 radical (unpaired) electrons. The molecule has 1 aromatic heterocycles. The molecule has 6 heteroatoms. The second-order valence-corrected chi connectivity index (χ2v) is 6.45. The Morgan fingerprint density at radius 1 is 1.55 bits per heavy atom. The maximum atomic E-state index is 11.0. The van der Waals surface area contributed by atoms with Crippen LogP contribution in [-0.2, 0) is 4.74 Å². The Morgan fingerprint density at radius 2 is 2.20 bits per heavy atom. The highest BCUT2D eigenvalue weighted by atomic mass is 79.9. The van der Waals surface area contributed by atoms with E-state index in [1.54, 1.807) is 6.20 Å². The molecule has 0 aliphatic heterocycles. The topological polar surface area (TPSA) is 74.4 Å². The van der Waals surface area contributed by atoms with E-state index in [2.05, 4.69) is 20.9 Å². The lowest BCUT2D eigenvalue weighted by Crippen LogP contribution is -2.41. The van der Waals surface area contributed by atoms with Crippen molar-refractivity contribution in [1.82, 2.24) is 4.98 Å². The van der Waals surface area contributed by atoms with Crippen LogP contribution >= 0.6 is 15.9 Å². The van der Waals surface area contributed by atoms with Crippen molar-refractivity contribution in [3.05, 3.63) is 22.3 Å². The molecule has 1 atom stereocenters. The number of nitrogens with two attached hydrogens (primary N) is 1. The molecular formula is C14H21BrN2O3. The van der Waals surface area contributed by atoms with Crippen LogP contribution in [0.4, 0.5) is 4.79 Å². The maximum Gasteiger partial charge on any atom is 0.405 e. The fourth-order valence-electron chi connectivity index (χ4n) is 2.14. The molecular weight excluding hydrogens is 324 g/mol. The van der Waals surface area contributed by atoms with Crippen LogP contribution in [-0.4, -0.2) is 23.3 Å². The van der Waals surface area contributed by atoms with Gasteiger partial charge in [0.1, 0.15) is 12.2 Å². The van der Waals surface area contributed by atoms with E-state index in [-0.39, 0.29) is 6.61 Å². The van der Waals surface area contributed by atoms with Crippen molar-refractivity contribution < 1.29 is 14.3 Å². The molecule has 5 nitrogen and oxygen atoms in total. The smallest absolute Gasteiger partial charge is 0.405 e. The lowest BCUT2D eigenvalue weighted by molar-refractivity contribution is -0.0198. The van der Waals surface area contributed by atoms with Gasteiger partial charge < -0.3 is 15.2 Å². The molecule has 0 spiro atoms. The number of primary amides is 1. The summed E-state index contributed by atoms with van der Waals surface area (Å²) in [6.45, 7) is 8.02. The molecule has 0 saturated heterocycles. The van der Waals surface area contributed by atoms with E-state index in [0.717, 1.165) is 10.0 Å². The van der Waals surface area contributed by atoms with E-state index < -0.39 is 11.7 Å². The highest BCUT2D eigenvalue weighted by Crippen LogP contribution is 2.24. The van der Waals surface area contributed by atoms with Crippen LogP contribution in [0.3, 0.4) is 0 Å². The zero-order chi connectivity index (χ0) is 15.3. The Hall–Kier alpha value is -1.30. The number of ether oxygens (including phenoxy) is 2. The summed E-state index contributed by atoms with van der Waals surface area (Å²) in [6, 6.07) is 1.91. The van der Waals surface area contributed by atoms with Gasteiger partial charge in [-0.25, -0.2) is 9.78 Å². The number of carbonyl (C=O) groups is 1. The number of carbonyl (C=O) groups excluding carboxylic acids is 1. The molecule has 0 fully saturated rings. The van der Waals surface area contributed by atoms with E-state index in [4.69, 9.17) is 15.2 Å². The van der Waals surface area contributed by atoms with Crippen LogP contribution in [0, 0.1) is 12.8 Å². The van der Waals surface area contributed by atoms with Gasteiger partial charge >= 0.3 is 6.09 Å². The van der Waals surface area contributed by atoms with Crippen molar-refractivity contribution in [2.24, 2.45) is 11.7 Å². The largest absolute Gasteiger partial charge is 0.473 e. The summed E-state index contributed by atoms with van der Waals surface area (Å²) in [5.74, 6) is 0.873. The van der Waals surface area contributed by atoms with E-state index >= 15 is 0 Å². The first-order valence-electron chi connectivity index (χ1n) is 6.45. The van der Waals surface area contributed by atoms with E-state index in [1.807, 2.05) is 33.8 Å². The minimum Gasteiger partial charge on any atom is -0.473 e. The Kier molecular flexibility index (Phi) is 5.80. The van der Waals surface area contributed by atoms with Crippen molar-refractivity contribution in [2.45, 2.75) is 39.7 Å². The fourth-order valence-corrected chi connectivity index (χ4v) is 2.58. The summed E-state index contributed by atoms with van der Waals surface area (Å²) < 4.78 is 11.8. The zero-order valence-corrected chi connectivity index (χ0v) is 13.9. The SMILES string of the molecule is Cc1cc(Br)cnc1OC[C@](C)(CC(C)C)OC(N)=O. The van der Waals surface area contributed by atoms with Crippen LogP contribution in [0.25, 0.3) is 0 Å². The van der Waals surface area contributed by atoms with Crippen LogP contribution in [0.2, 0.25) is 0 Å². The molecule has 0 aromatic carbocycles. The van der Waals surface area contributed by atoms with E-state index in [9.17, 15) is 4.79 Å². The lowest BCUT2D eigenvalue weighted by Gasteiger charge is -2.30. The van der Waals surface area contributed by atoms with Crippen LogP contribution in [0.15, 0.2) is 16.7 Å². The minimum absolute atomic E-state index is 0.212. The Labute approximate surface area is 128 Å². The molecule has 1 amide bonds. The summed E-state index contributed by atoms with van der Waals surface area (Å²) >= 11 is 3.35. The first-order valence-corrected chi connectivity index (χ1v) is 7.24. The van der Waals surface area contributed by atoms with Gasteiger partial charge in [-0.15, -0.1) is 0 Å². The number of pyridine rings is 1. The molecule has 0 saturated carbocycles. The zero-order valence-electron chi connectivity index (χ0n) is 12.3. The van der Waals surface area contributed by atoms with Crippen molar-refractivity contribution >= 4 is 22.0 Å². The number of aryl methyl sites for hydroxylation is 1. The van der Waals surface area contributed by atoms with Gasteiger partial charge in [0, 0.05) is 16.2 Å². The summed E-state index contributed by atoms with van der Waals surface area (Å²) in [7, 11) is 0. The normalized spacial score (nSPS) is 13.9. The third kappa shape index (κ3) is 5.36. The third-order valence-corrected chi connectivity index (χ3v) is 3.13. The van der Waals surface area contributed by atoms with Gasteiger partial charge in [-0.05, 0) is 48.2 Å². The molecule has 0 aliphatic carbocycles. The van der Waals surface area contributed by atoms with Gasteiger partial charge in [0.25, 0.3) is 0 Å². The summed E-state index contributed by atoms with van der Waals surface area (Å²) in [5, 5.41) is 0. The van der Waals surface area contributed by atoms with Crippen molar-refractivity contribution in [2.75, 3.05) is 6.61 Å². The lowest BCUT2D eigenvalue weighted by atomic mass is 9.95. The Balaban J connectivity index is 2.77. The number of halogens is 1. The first kappa shape index (κ1) is 16.8. The van der Waals surface area contributed by atoms with Gasteiger partial charge in [-0.3, -0.25) is 0 Å². The predicted molar refractivity (Wildman–Crippen MR) is 80.7 cm³/mol. The van der Waals surface area contributed by atoms with Crippen molar-refractivity contribution in [3.8, 4) is 5.88 Å². The van der Waals surface area contributed by atoms with Gasteiger partial charge in [0.2, 0.25) is 5.88 Å². The third-order valence-electron chi connectivity index (χ3n) is 2.70. The molecule has 1 aromatic rings. The molecule has 20 heavy (non-hydrogen) atoms. The van der Waals surface area contributed by atoms with Crippen molar-refractivity contribution in [1.29, 1.82) is 0 Å². The van der Waals surface area contributed by atoms with E-state index in [1.165, 1.54) is 0 Å².